The molecule has 0 aliphatic rings. The molecule has 0 aliphatic heterocycles. The molecule has 6 heteroatoms. The fourth-order valence-electron chi connectivity index (χ4n) is 3.19. The Labute approximate surface area is 168 Å². The molecule has 146 valence electrons. The Kier molecular flexibility index (Phi) is 6.09. The van der Waals surface area contributed by atoms with E-state index in [1.165, 1.54) is 23.5 Å². The fourth-order valence-corrected chi connectivity index (χ4v) is 4.25. The number of hydrogen-bond donors (Lipinski definition) is 1. The van der Waals surface area contributed by atoms with Crippen LogP contribution in [0, 0.1) is 12.7 Å². The van der Waals surface area contributed by atoms with Gasteiger partial charge in [-0.25, -0.2) is 9.37 Å². The Morgan fingerprint density at radius 1 is 1.25 bits per heavy atom. The number of aromatic hydroxyl groups is 1. The smallest absolute Gasteiger partial charge is 0.266 e. The van der Waals surface area contributed by atoms with E-state index in [0.717, 1.165) is 16.1 Å². The van der Waals surface area contributed by atoms with Crippen LogP contribution in [-0.4, -0.2) is 27.4 Å². The molecule has 1 amide bonds. The minimum atomic E-state index is -0.269. The fraction of sp³-hybridized carbons (Fsp3) is 0.273. The third-order valence-electron chi connectivity index (χ3n) is 4.73. The van der Waals surface area contributed by atoms with Gasteiger partial charge in [-0.3, -0.25) is 4.79 Å². The molecule has 0 spiro atoms. The molecule has 0 unspecified atom stereocenters. The standard InChI is InChI=1S/C22H23FN2O2S/c1-4-25(15(3)17-6-5-7-19(26)13-17)22(27)21-14(2)24-20(28-21)12-16-8-10-18(23)11-9-16/h5-11,13,15,26H,4,12H2,1-3H3/t15-/m0/s1. The number of thiazole rings is 1. The molecule has 0 saturated carbocycles. The number of aromatic nitrogens is 1. The first kappa shape index (κ1) is 20.0. The molecule has 3 aromatic rings. The van der Waals surface area contributed by atoms with Crippen LogP contribution in [0.1, 0.15) is 51.4 Å². The van der Waals surface area contributed by atoms with Crippen LogP contribution in [0.3, 0.4) is 0 Å². The quantitative estimate of drug-likeness (QED) is 0.628. The Morgan fingerprint density at radius 3 is 2.61 bits per heavy atom. The van der Waals surface area contributed by atoms with Crippen molar-refractivity contribution in [2.24, 2.45) is 0 Å². The molecule has 1 heterocycles. The highest BCUT2D eigenvalue weighted by Crippen LogP contribution is 2.28. The zero-order chi connectivity index (χ0) is 20.3. The number of benzene rings is 2. The van der Waals surface area contributed by atoms with Crippen molar-refractivity contribution in [3.8, 4) is 5.75 Å². The van der Waals surface area contributed by atoms with E-state index in [1.807, 2.05) is 26.8 Å². The minimum absolute atomic E-state index is 0.0706. The van der Waals surface area contributed by atoms with Crippen LogP contribution in [0.4, 0.5) is 4.39 Å². The second kappa shape index (κ2) is 8.52. The van der Waals surface area contributed by atoms with Crippen molar-refractivity contribution in [2.45, 2.75) is 33.2 Å². The van der Waals surface area contributed by atoms with Gasteiger partial charge in [-0.2, -0.15) is 0 Å². The van der Waals surface area contributed by atoms with Gasteiger partial charge in [0.25, 0.3) is 5.91 Å². The van der Waals surface area contributed by atoms with E-state index in [2.05, 4.69) is 4.98 Å². The summed E-state index contributed by atoms with van der Waals surface area (Å²) in [6.07, 6.45) is 0.563. The second-order valence-electron chi connectivity index (χ2n) is 6.69. The van der Waals surface area contributed by atoms with Gasteiger partial charge in [0.05, 0.1) is 16.7 Å². The molecule has 3 rings (SSSR count). The zero-order valence-corrected chi connectivity index (χ0v) is 17.0. The molecule has 1 atom stereocenters. The molecular formula is C22H23FN2O2S. The van der Waals surface area contributed by atoms with Gasteiger partial charge in [0.2, 0.25) is 0 Å². The summed E-state index contributed by atoms with van der Waals surface area (Å²) in [5.41, 5.74) is 2.53. The van der Waals surface area contributed by atoms with E-state index in [9.17, 15) is 14.3 Å². The number of phenolic OH excluding ortho intramolecular Hbond substituents is 1. The summed E-state index contributed by atoms with van der Waals surface area (Å²) in [5.74, 6) is -0.156. The van der Waals surface area contributed by atoms with Crippen molar-refractivity contribution in [3.63, 3.8) is 0 Å². The lowest BCUT2D eigenvalue weighted by atomic mass is 10.1. The van der Waals surface area contributed by atoms with Gasteiger partial charge in [-0.15, -0.1) is 11.3 Å². The number of carbonyl (C=O) groups excluding carboxylic acids is 1. The number of aryl methyl sites for hydroxylation is 1. The van der Waals surface area contributed by atoms with E-state index in [4.69, 9.17) is 0 Å². The topological polar surface area (TPSA) is 53.4 Å². The first-order valence-electron chi connectivity index (χ1n) is 9.19. The van der Waals surface area contributed by atoms with Gasteiger partial charge < -0.3 is 10.0 Å². The van der Waals surface area contributed by atoms with Gasteiger partial charge in [0.1, 0.15) is 16.4 Å². The Morgan fingerprint density at radius 2 is 1.96 bits per heavy atom. The lowest BCUT2D eigenvalue weighted by Crippen LogP contribution is -2.33. The monoisotopic (exact) mass is 398 g/mol. The predicted molar refractivity (Wildman–Crippen MR) is 109 cm³/mol. The van der Waals surface area contributed by atoms with Crippen LogP contribution in [0.15, 0.2) is 48.5 Å². The maximum atomic E-state index is 13.2. The van der Waals surface area contributed by atoms with Crippen LogP contribution in [-0.2, 0) is 6.42 Å². The van der Waals surface area contributed by atoms with E-state index in [-0.39, 0.29) is 23.5 Å². The van der Waals surface area contributed by atoms with Crippen molar-refractivity contribution in [1.82, 2.24) is 9.88 Å². The summed E-state index contributed by atoms with van der Waals surface area (Å²) in [5, 5.41) is 10.6. The van der Waals surface area contributed by atoms with Crippen molar-refractivity contribution in [3.05, 3.63) is 81.1 Å². The van der Waals surface area contributed by atoms with E-state index < -0.39 is 0 Å². The first-order chi connectivity index (χ1) is 13.4. The molecule has 0 bridgehead atoms. The Bertz CT molecular complexity index is 969. The lowest BCUT2D eigenvalue weighted by molar-refractivity contribution is 0.0706. The number of carbonyl (C=O) groups is 1. The van der Waals surface area contributed by atoms with Gasteiger partial charge in [-0.1, -0.05) is 24.3 Å². The highest BCUT2D eigenvalue weighted by Gasteiger charge is 2.25. The summed E-state index contributed by atoms with van der Waals surface area (Å²) in [7, 11) is 0. The summed E-state index contributed by atoms with van der Waals surface area (Å²) in [6, 6.07) is 13.1. The van der Waals surface area contributed by atoms with Gasteiger partial charge in [-0.05, 0) is 56.2 Å². The third-order valence-corrected chi connectivity index (χ3v) is 5.87. The maximum absolute atomic E-state index is 13.2. The molecular weight excluding hydrogens is 375 g/mol. The van der Waals surface area contributed by atoms with Crippen LogP contribution in [0.2, 0.25) is 0 Å². The average molecular weight is 399 g/mol. The third kappa shape index (κ3) is 4.39. The molecule has 1 aromatic heterocycles. The average Bonchev–Trinajstić information content (AvgIpc) is 3.04. The van der Waals surface area contributed by atoms with E-state index in [0.29, 0.717) is 23.5 Å². The summed E-state index contributed by atoms with van der Waals surface area (Å²) in [4.78, 5) is 20.1. The molecule has 28 heavy (non-hydrogen) atoms. The van der Waals surface area contributed by atoms with E-state index in [1.54, 1.807) is 35.2 Å². The minimum Gasteiger partial charge on any atom is -0.508 e. The molecule has 2 aromatic carbocycles. The molecule has 0 fully saturated rings. The van der Waals surface area contributed by atoms with Crippen LogP contribution in [0.5, 0.6) is 5.75 Å². The summed E-state index contributed by atoms with van der Waals surface area (Å²) >= 11 is 1.38. The van der Waals surface area contributed by atoms with Crippen LogP contribution >= 0.6 is 11.3 Å². The number of rotatable bonds is 6. The molecule has 0 aliphatic carbocycles. The van der Waals surface area contributed by atoms with E-state index >= 15 is 0 Å². The number of hydrogen-bond acceptors (Lipinski definition) is 4. The normalized spacial score (nSPS) is 12.0. The molecule has 1 N–H and O–H groups in total. The number of halogens is 1. The number of nitrogens with zero attached hydrogens (tertiary/aromatic N) is 2. The van der Waals surface area contributed by atoms with Crippen molar-refractivity contribution in [1.29, 1.82) is 0 Å². The maximum Gasteiger partial charge on any atom is 0.266 e. The predicted octanol–water partition coefficient (Wildman–Crippen LogP) is 5.11. The largest absolute Gasteiger partial charge is 0.508 e. The van der Waals surface area contributed by atoms with Crippen molar-refractivity contribution in [2.75, 3.05) is 6.54 Å². The SMILES string of the molecule is CCN(C(=O)c1sc(Cc2ccc(F)cc2)nc1C)[C@@H](C)c1cccc(O)c1. The molecule has 0 radical (unpaired) electrons. The second-order valence-corrected chi connectivity index (χ2v) is 7.77. The van der Waals surface area contributed by atoms with Gasteiger partial charge >= 0.3 is 0 Å². The Hall–Kier alpha value is -2.73. The zero-order valence-electron chi connectivity index (χ0n) is 16.1. The number of phenols is 1. The molecule has 4 nitrogen and oxygen atoms in total. The lowest BCUT2D eigenvalue weighted by Gasteiger charge is -2.28. The summed E-state index contributed by atoms with van der Waals surface area (Å²) < 4.78 is 13.1. The molecule has 0 saturated heterocycles. The van der Waals surface area contributed by atoms with Gasteiger partial charge in [0, 0.05) is 13.0 Å². The van der Waals surface area contributed by atoms with Crippen LogP contribution < -0.4 is 0 Å². The van der Waals surface area contributed by atoms with Gasteiger partial charge in [0.15, 0.2) is 0 Å². The highest BCUT2D eigenvalue weighted by molar-refractivity contribution is 7.13. The van der Waals surface area contributed by atoms with Crippen molar-refractivity contribution < 1.29 is 14.3 Å². The van der Waals surface area contributed by atoms with Crippen molar-refractivity contribution >= 4 is 17.2 Å². The first-order valence-corrected chi connectivity index (χ1v) is 10.0. The highest BCUT2D eigenvalue weighted by atomic mass is 32.1. The summed E-state index contributed by atoms with van der Waals surface area (Å²) in [6.45, 7) is 6.27. The number of amides is 1. The Balaban J connectivity index is 1.82. The van der Waals surface area contributed by atoms with Crippen LogP contribution in [0.25, 0.3) is 0 Å².